The molecule has 0 unspecified atom stereocenters. The predicted octanol–water partition coefficient (Wildman–Crippen LogP) is 3.42. The lowest BCUT2D eigenvalue weighted by Crippen LogP contribution is -1.96. The molecule has 0 radical (unpaired) electrons. The average Bonchev–Trinajstić information content (AvgIpc) is 2.52. The maximum atomic E-state index is 10.7. The van der Waals surface area contributed by atoms with Crippen LogP contribution < -0.4 is 4.74 Å². The third-order valence-corrected chi connectivity index (χ3v) is 2.80. The molecular formula is C15H12N2O5. The van der Waals surface area contributed by atoms with Gasteiger partial charge in [0.2, 0.25) is 6.20 Å². The molecule has 0 aliphatic heterocycles. The maximum absolute atomic E-state index is 10.7. The number of rotatable bonds is 6. The predicted molar refractivity (Wildman–Crippen MR) is 79.9 cm³/mol. The number of hydrogen-bond acceptors (Lipinski definition) is 5. The van der Waals surface area contributed by atoms with Gasteiger partial charge in [-0.1, -0.05) is 24.3 Å². The Morgan fingerprint density at radius 2 is 1.77 bits per heavy atom. The molecule has 0 aliphatic carbocycles. The van der Waals surface area contributed by atoms with E-state index in [0.29, 0.717) is 16.9 Å². The summed E-state index contributed by atoms with van der Waals surface area (Å²) in [6, 6.07) is 12.9. The van der Waals surface area contributed by atoms with Crippen LogP contribution in [0.4, 0.5) is 5.69 Å². The van der Waals surface area contributed by atoms with Crippen LogP contribution in [0.2, 0.25) is 0 Å². The Kier molecular flexibility index (Phi) is 4.81. The topological polar surface area (TPSA) is 95.5 Å². The van der Waals surface area contributed by atoms with E-state index < -0.39 is 9.85 Å². The molecular weight excluding hydrogens is 288 g/mol. The second-order valence-electron chi connectivity index (χ2n) is 4.39. The fourth-order valence-electron chi connectivity index (χ4n) is 1.75. The lowest BCUT2D eigenvalue weighted by molar-refractivity contribution is -0.400. The van der Waals surface area contributed by atoms with Gasteiger partial charge in [-0.3, -0.25) is 20.2 Å². The Hall–Kier alpha value is -3.22. The van der Waals surface area contributed by atoms with E-state index in [1.807, 2.05) is 0 Å². The highest BCUT2D eigenvalue weighted by Gasteiger charge is 2.05. The summed E-state index contributed by atoms with van der Waals surface area (Å²) in [6.45, 7) is 0.200. The summed E-state index contributed by atoms with van der Waals surface area (Å²) in [7, 11) is 0. The number of nitro groups is 2. The second kappa shape index (κ2) is 6.98. The van der Waals surface area contributed by atoms with Crippen LogP contribution in [0.3, 0.4) is 0 Å². The van der Waals surface area contributed by atoms with Crippen molar-refractivity contribution >= 4 is 11.8 Å². The zero-order valence-corrected chi connectivity index (χ0v) is 11.4. The highest BCUT2D eigenvalue weighted by molar-refractivity contribution is 5.49. The van der Waals surface area contributed by atoms with Gasteiger partial charge in [-0.2, -0.15) is 0 Å². The minimum absolute atomic E-state index is 0.0152. The van der Waals surface area contributed by atoms with Crippen molar-refractivity contribution in [1.29, 1.82) is 0 Å². The van der Waals surface area contributed by atoms with Gasteiger partial charge in [-0.05, 0) is 23.3 Å². The molecule has 0 spiro atoms. The SMILES string of the molecule is O=[N+]([O-])/C=C/c1ccc(OCc2cccc([N+](=O)[O-])c2)cc1. The van der Waals surface area contributed by atoms with Crippen molar-refractivity contribution in [2.75, 3.05) is 0 Å². The van der Waals surface area contributed by atoms with E-state index >= 15 is 0 Å². The molecule has 2 rings (SSSR count). The van der Waals surface area contributed by atoms with Crippen LogP contribution >= 0.6 is 0 Å². The van der Waals surface area contributed by atoms with Crippen LogP contribution in [0.25, 0.3) is 6.08 Å². The van der Waals surface area contributed by atoms with E-state index in [-0.39, 0.29) is 12.3 Å². The number of ether oxygens (including phenoxy) is 1. The molecule has 0 N–H and O–H groups in total. The van der Waals surface area contributed by atoms with Crippen LogP contribution in [0.1, 0.15) is 11.1 Å². The molecule has 7 heteroatoms. The second-order valence-corrected chi connectivity index (χ2v) is 4.39. The summed E-state index contributed by atoms with van der Waals surface area (Å²) in [6.07, 6.45) is 2.24. The molecule has 0 bridgehead atoms. The average molecular weight is 300 g/mol. The molecule has 2 aromatic carbocycles. The van der Waals surface area contributed by atoms with Gasteiger partial charge in [0.05, 0.1) is 9.85 Å². The number of non-ortho nitro benzene ring substituents is 1. The summed E-state index contributed by atoms with van der Waals surface area (Å²) in [5.74, 6) is 0.574. The molecule has 7 nitrogen and oxygen atoms in total. The molecule has 2 aromatic rings. The fraction of sp³-hybridized carbons (Fsp3) is 0.0667. The molecule has 0 saturated carbocycles. The Bertz CT molecular complexity index is 710. The maximum Gasteiger partial charge on any atom is 0.269 e. The summed E-state index contributed by atoms with van der Waals surface area (Å²) in [4.78, 5) is 19.9. The molecule has 0 aliphatic rings. The molecule has 0 atom stereocenters. The lowest BCUT2D eigenvalue weighted by Gasteiger charge is -2.06. The third-order valence-electron chi connectivity index (χ3n) is 2.80. The van der Waals surface area contributed by atoms with Gasteiger partial charge in [-0.25, -0.2) is 0 Å². The van der Waals surface area contributed by atoms with Crippen molar-refractivity contribution in [1.82, 2.24) is 0 Å². The summed E-state index contributed by atoms with van der Waals surface area (Å²) < 4.78 is 5.53. The Labute approximate surface area is 125 Å². The van der Waals surface area contributed by atoms with E-state index in [1.165, 1.54) is 18.2 Å². The van der Waals surface area contributed by atoms with Crippen molar-refractivity contribution in [2.24, 2.45) is 0 Å². The van der Waals surface area contributed by atoms with Crippen LogP contribution in [-0.2, 0) is 6.61 Å². The van der Waals surface area contributed by atoms with Crippen LogP contribution in [-0.4, -0.2) is 9.85 Å². The normalized spacial score (nSPS) is 10.5. The first-order valence-electron chi connectivity index (χ1n) is 6.32. The number of hydrogen-bond donors (Lipinski definition) is 0. The van der Waals surface area contributed by atoms with Gasteiger partial charge in [0.1, 0.15) is 12.4 Å². The minimum Gasteiger partial charge on any atom is -0.489 e. The molecule has 112 valence electrons. The minimum atomic E-state index is -0.535. The van der Waals surface area contributed by atoms with Gasteiger partial charge in [0.15, 0.2) is 0 Å². The zero-order chi connectivity index (χ0) is 15.9. The van der Waals surface area contributed by atoms with Crippen LogP contribution in [0.15, 0.2) is 54.7 Å². The van der Waals surface area contributed by atoms with Crippen molar-refractivity contribution in [2.45, 2.75) is 6.61 Å². The fourth-order valence-corrected chi connectivity index (χ4v) is 1.75. The van der Waals surface area contributed by atoms with Crippen LogP contribution in [0, 0.1) is 20.2 Å². The standard InChI is InChI=1S/C15H12N2O5/c18-16(19)9-8-12-4-6-15(7-5-12)22-11-13-2-1-3-14(10-13)17(20)21/h1-10H,11H2/b9-8+. The highest BCUT2D eigenvalue weighted by Crippen LogP contribution is 2.17. The van der Waals surface area contributed by atoms with Gasteiger partial charge in [0.25, 0.3) is 5.69 Å². The van der Waals surface area contributed by atoms with Gasteiger partial charge < -0.3 is 4.74 Å². The first kappa shape index (κ1) is 15.2. The summed E-state index contributed by atoms with van der Waals surface area (Å²) in [5.41, 5.74) is 1.38. The Morgan fingerprint density at radius 3 is 2.41 bits per heavy atom. The third kappa shape index (κ3) is 4.41. The van der Waals surface area contributed by atoms with Gasteiger partial charge in [-0.15, -0.1) is 0 Å². The smallest absolute Gasteiger partial charge is 0.269 e. The number of nitro benzene ring substituents is 1. The molecule has 0 heterocycles. The molecule has 0 amide bonds. The van der Waals surface area contributed by atoms with Crippen molar-refractivity contribution in [3.8, 4) is 5.75 Å². The lowest BCUT2D eigenvalue weighted by atomic mass is 10.2. The number of nitrogens with zero attached hydrogens (tertiary/aromatic N) is 2. The monoisotopic (exact) mass is 300 g/mol. The Balaban J connectivity index is 1.98. The van der Waals surface area contributed by atoms with E-state index in [1.54, 1.807) is 36.4 Å². The van der Waals surface area contributed by atoms with E-state index in [9.17, 15) is 20.2 Å². The Morgan fingerprint density at radius 1 is 1.05 bits per heavy atom. The van der Waals surface area contributed by atoms with Crippen molar-refractivity contribution in [3.63, 3.8) is 0 Å². The van der Waals surface area contributed by atoms with Crippen LogP contribution in [0.5, 0.6) is 5.75 Å². The van der Waals surface area contributed by atoms with E-state index in [0.717, 1.165) is 6.20 Å². The van der Waals surface area contributed by atoms with Crippen molar-refractivity contribution in [3.05, 3.63) is 86.1 Å². The largest absolute Gasteiger partial charge is 0.489 e. The van der Waals surface area contributed by atoms with E-state index in [4.69, 9.17) is 4.74 Å². The molecule has 0 saturated heterocycles. The summed E-state index contributed by atoms with van der Waals surface area (Å²) >= 11 is 0. The zero-order valence-electron chi connectivity index (χ0n) is 11.4. The molecule has 0 fully saturated rings. The first-order valence-corrected chi connectivity index (χ1v) is 6.32. The van der Waals surface area contributed by atoms with Gasteiger partial charge in [0, 0.05) is 18.2 Å². The summed E-state index contributed by atoms with van der Waals surface area (Å²) in [5, 5.41) is 20.9. The van der Waals surface area contributed by atoms with Crippen molar-refractivity contribution < 1.29 is 14.6 Å². The highest BCUT2D eigenvalue weighted by atomic mass is 16.6. The van der Waals surface area contributed by atoms with Gasteiger partial charge >= 0.3 is 0 Å². The number of benzene rings is 2. The quantitative estimate of drug-likeness (QED) is 0.601. The van der Waals surface area contributed by atoms with E-state index in [2.05, 4.69) is 0 Å². The first-order chi connectivity index (χ1) is 10.5. The molecule has 0 aromatic heterocycles. The molecule has 22 heavy (non-hydrogen) atoms.